The highest BCUT2D eigenvalue weighted by atomic mass is 16.2. The van der Waals surface area contributed by atoms with E-state index in [0.29, 0.717) is 0 Å². The van der Waals surface area contributed by atoms with Gasteiger partial charge in [0.25, 0.3) is 0 Å². The number of urea groups is 2. The maximum atomic E-state index is 11.2. The topological polar surface area (TPSA) is 82.9 Å². The second-order valence-electron chi connectivity index (χ2n) is 4.24. The van der Waals surface area contributed by atoms with Crippen molar-refractivity contribution in [2.45, 2.75) is 51.6 Å². The van der Waals surface area contributed by atoms with Crippen molar-refractivity contribution in [3.8, 4) is 0 Å². The molecule has 0 bridgehead atoms. The lowest BCUT2D eigenvalue weighted by molar-refractivity contribution is 0.238. The fourth-order valence-corrected chi connectivity index (χ4v) is 1.64. The molecular formula is C10H18N4O2. The molecule has 0 aliphatic heterocycles. The van der Waals surface area contributed by atoms with E-state index in [1.165, 1.54) is 0 Å². The van der Waals surface area contributed by atoms with Crippen molar-refractivity contribution in [2.24, 2.45) is 10.2 Å². The summed E-state index contributed by atoms with van der Waals surface area (Å²) in [7, 11) is 0. The molecule has 4 amide bonds. The number of azo groups is 1. The number of rotatable bonds is 2. The van der Waals surface area contributed by atoms with Gasteiger partial charge < -0.3 is 10.6 Å². The first-order valence-corrected chi connectivity index (χ1v) is 5.60. The zero-order chi connectivity index (χ0) is 12.0. The number of amides is 4. The summed E-state index contributed by atoms with van der Waals surface area (Å²) in [6.45, 7) is 3.62. The molecule has 1 fully saturated rings. The normalized spacial score (nSPS) is 16.9. The third kappa shape index (κ3) is 4.86. The number of carbonyl (C=O) groups is 2. The van der Waals surface area contributed by atoms with Crippen LogP contribution in [-0.2, 0) is 0 Å². The van der Waals surface area contributed by atoms with Crippen LogP contribution in [0.3, 0.4) is 0 Å². The van der Waals surface area contributed by atoms with Crippen LogP contribution in [0.1, 0.15) is 39.5 Å². The number of carbonyl (C=O) groups excluding carboxylic acids is 2. The third-order valence-electron chi connectivity index (χ3n) is 2.33. The van der Waals surface area contributed by atoms with E-state index < -0.39 is 12.1 Å². The Kier molecular flexibility index (Phi) is 4.88. The lowest BCUT2D eigenvalue weighted by Crippen LogP contribution is -2.31. The molecule has 0 radical (unpaired) electrons. The van der Waals surface area contributed by atoms with Crippen LogP contribution in [0.5, 0.6) is 0 Å². The number of hydrogen-bond donors (Lipinski definition) is 2. The lowest BCUT2D eigenvalue weighted by atomic mass is 10.3. The first-order chi connectivity index (χ1) is 7.58. The average Bonchev–Trinajstić information content (AvgIpc) is 2.66. The van der Waals surface area contributed by atoms with E-state index in [9.17, 15) is 9.59 Å². The summed E-state index contributed by atoms with van der Waals surface area (Å²) in [6, 6.07) is -0.939. The molecule has 6 heteroatoms. The van der Waals surface area contributed by atoms with Crippen molar-refractivity contribution in [1.82, 2.24) is 10.6 Å². The van der Waals surface area contributed by atoms with Gasteiger partial charge in [-0.25, -0.2) is 9.59 Å². The molecule has 6 nitrogen and oxygen atoms in total. The van der Waals surface area contributed by atoms with Crippen LogP contribution in [0.2, 0.25) is 0 Å². The molecule has 90 valence electrons. The van der Waals surface area contributed by atoms with Gasteiger partial charge in [0.2, 0.25) is 0 Å². The van der Waals surface area contributed by atoms with Crippen LogP contribution >= 0.6 is 0 Å². The van der Waals surface area contributed by atoms with Gasteiger partial charge in [0.05, 0.1) is 0 Å². The molecule has 16 heavy (non-hydrogen) atoms. The second kappa shape index (κ2) is 6.19. The molecule has 1 rings (SSSR count). The molecule has 0 aromatic carbocycles. The summed E-state index contributed by atoms with van der Waals surface area (Å²) >= 11 is 0. The van der Waals surface area contributed by atoms with Crippen LogP contribution in [0.25, 0.3) is 0 Å². The van der Waals surface area contributed by atoms with Crippen LogP contribution in [-0.4, -0.2) is 24.1 Å². The monoisotopic (exact) mass is 226 g/mol. The highest BCUT2D eigenvalue weighted by molar-refractivity contribution is 5.79. The van der Waals surface area contributed by atoms with Crippen LogP contribution in [0.4, 0.5) is 9.59 Å². The molecule has 2 N–H and O–H groups in total. The Hall–Kier alpha value is -1.46. The lowest BCUT2D eigenvalue weighted by Gasteiger charge is -2.07. The SMILES string of the molecule is CC(C)NC(=O)/N=N/C(=O)NC1CCCC1. The minimum absolute atomic E-state index is 0.00987. The highest BCUT2D eigenvalue weighted by Gasteiger charge is 2.16. The molecule has 0 spiro atoms. The Morgan fingerprint density at radius 2 is 1.69 bits per heavy atom. The fourth-order valence-electron chi connectivity index (χ4n) is 1.64. The van der Waals surface area contributed by atoms with E-state index in [-0.39, 0.29) is 12.1 Å². The molecule has 1 saturated carbocycles. The predicted octanol–water partition coefficient (Wildman–Crippen LogP) is 2.21. The Balaban J connectivity index is 2.26. The van der Waals surface area contributed by atoms with E-state index >= 15 is 0 Å². The van der Waals surface area contributed by atoms with Crippen LogP contribution < -0.4 is 10.6 Å². The van der Waals surface area contributed by atoms with Crippen molar-refractivity contribution in [2.75, 3.05) is 0 Å². The van der Waals surface area contributed by atoms with Crippen molar-refractivity contribution in [3.63, 3.8) is 0 Å². The van der Waals surface area contributed by atoms with E-state index in [1.54, 1.807) is 0 Å². The Labute approximate surface area is 94.9 Å². The first-order valence-electron chi connectivity index (χ1n) is 5.60. The van der Waals surface area contributed by atoms with E-state index in [0.717, 1.165) is 25.7 Å². The zero-order valence-corrected chi connectivity index (χ0v) is 9.69. The second-order valence-corrected chi connectivity index (χ2v) is 4.24. The van der Waals surface area contributed by atoms with Gasteiger partial charge >= 0.3 is 12.1 Å². The van der Waals surface area contributed by atoms with Gasteiger partial charge in [0.1, 0.15) is 0 Å². The first kappa shape index (κ1) is 12.6. The number of nitrogens with one attached hydrogen (secondary N) is 2. The summed E-state index contributed by atoms with van der Waals surface area (Å²) in [6.07, 6.45) is 4.24. The number of nitrogens with zero attached hydrogens (tertiary/aromatic N) is 2. The summed E-state index contributed by atoms with van der Waals surface area (Å²) < 4.78 is 0. The van der Waals surface area contributed by atoms with Crippen molar-refractivity contribution in [1.29, 1.82) is 0 Å². The van der Waals surface area contributed by atoms with Crippen molar-refractivity contribution in [3.05, 3.63) is 0 Å². The van der Waals surface area contributed by atoms with Crippen LogP contribution in [0.15, 0.2) is 10.2 Å². The predicted molar refractivity (Wildman–Crippen MR) is 59.3 cm³/mol. The average molecular weight is 226 g/mol. The molecule has 0 unspecified atom stereocenters. The number of hydrogen-bond acceptors (Lipinski definition) is 2. The molecule has 0 heterocycles. The maximum Gasteiger partial charge on any atom is 0.359 e. The molecule has 0 atom stereocenters. The van der Waals surface area contributed by atoms with E-state index in [4.69, 9.17) is 0 Å². The van der Waals surface area contributed by atoms with E-state index in [1.807, 2.05) is 13.8 Å². The highest BCUT2D eigenvalue weighted by Crippen LogP contribution is 2.17. The molecular weight excluding hydrogens is 208 g/mol. The van der Waals surface area contributed by atoms with Gasteiger partial charge in [-0.2, -0.15) is 0 Å². The molecule has 0 aromatic rings. The van der Waals surface area contributed by atoms with Crippen molar-refractivity contribution < 1.29 is 9.59 Å². The summed E-state index contributed by atoms with van der Waals surface area (Å²) in [5, 5.41) is 11.8. The van der Waals surface area contributed by atoms with Gasteiger partial charge in [-0.3, -0.25) is 0 Å². The zero-order valence-electron chi connectivity index (χ0n) is 9.69. The summed E-state index contributed by atoms with van der Waals surface area (Å²) in [5.41, 5.74) is 0. The summed E-state index contributed by atoms with van der Waals surface area (Å²) in [4.78, 5) is 22.3. The minimum atomic E-state index is -0.587. The smallest absolute Gasteiger partial charge is 0.333 e. The van der Waals surface area contributed by atoms with Gasteiger partial charge in [-0.05, 0) is 26.7 Å². The minimum Gasteiger partial charge on any atom is -0.333 e. The Morgan fingerprint density at radius 1 is 1.12 bits per heavy atom. The molecule has 1 aliphatic rings. The van der Waals surface area contributed by atoms with Crippen LogP contribution in [0, 0.1) is 0 Å². The van der Waals surface area contributed by atoms with Gasteiger partial charge in [0, 0.05) is 12.1 Å². The van der Waals surface area contributed by atoms with E-state index in [2.05, 4.69) is 20.9 Å². The third-order valence-corrected chi connectivity index (χ3v) is 2.33. The summed E-state index contributed by atoms with van der Waals surface area (Å²) in [5.74, 6) is 0. The van der Waals surface area contributed by atoms with Gasteiger partial charge in [-0.15, -0.1) is 0 Å². The van der Waals surface area contributed by atoms with Gasteiger partial charge in [-0.1, -0.05) is 23.1 Å². The molecule has 1 aliphatic carbocycles. The largest absolute Gasteiger partial charge is 0.359 e. The fraction of sp³-hybridized carbons (Fsp3) is 0.800. The molecule has 0 saturated heterocycles. The Morgan fingerprint density at radius 3 is 2.25 bits per heavy atom. The van der Waals surface area contributed by atoms with Gasteiger partial charge in [0.15, 0.2) is 0 Å². The maximum absolute atomic E-state index is 11.2. The Bertz CT molecular complexity index is 283. The molecule has 0 aromatic heterocycles. The standard InChI is InChI=1S/C10H18N4O2/c1-7(2)11-9(15)13-14-10(16)12-8-5-3-4-6-8/h7-8H,3-6H2,1-2H3,(H,11,15)(H,12,16)/b14-13+. The quantitative estimate of drug-likeness (QED) is 0.707. The van der Waals surface area contributed by atoms with Crippen molar-refractivity contribution >= 4 is 12.1 Å².